The van der Waals surface area contributed by atoms with Gasteiger partial charge in [0.1, 0.15) is 0 Å². The number of fused-ring (bicyclic) bond motifs is 3. The Morgan fingerprint density at radius 2 is 2.26 bits per heavy atom. The minimum atomic E-state index is 0.490. The zero-order valence-corrected chi connectivity index (χ0v) is 11.1. The molecule has 0 aliphatic carbocycles. The van der Waals surface area contributed by atoms with E-state index >= 15 is 0 Å². The maximum atomic E-state index is 5.70. The normalized spacial score (nSPS) is 26.9. The predicted octanol–water partition coefficient (Wildman–Crippen LogP) is 2.40. The van der Waals surface area contributed by atoms with Crippen LogP contribution in [0.15, 0.2) is 24.3 Å². The molecule has 2 aromatic rings. The Bertz CT molecular complexity index is 670. The number of nitrogen functional groups attached to an aromatic ring is 1. The number of anilines is 1. The number of nitrogens with two attached hydrogens (primary N) is 1. The van der Waals surface area contributed by atoms with E-state index < -0.39 is 0 Å². The fourth-order valence-corrected chi connectivity index (χ4v) is 3.49. The summed E-state index contributed by atoms with van der Waals surface area (Å²) in [6.07, 6.45) is 6.21. The molecule has 2 atom stereocenters. The first-order valence-electron chi connectivity index (χ1n) is 6.89. The van der Waals surface area contributed by atoms with Gasteiger partial charge in [0.25, 0.3) is 0 Å². The highest BCUT2D eigenvalue weighted by Gasteiger charge is 2.33. The second kappa shape index (κ2) is 3.84. The number of rotatable bonds is 1. The second-order valence-corrected chi connectivity index (χ2v) is 5.71. The predicted molar refractivity (Wildman–Crippen MR) is 77.7 cm³/mol. The maximum absolute atomic E-state index is 5.70. The van der Waals surface area contributed by atoms with Gasteiger partial charge in [-0.15, -0.1) is 0 Å². The zero-order valence-electron chi connectivity index (χ0n) is 11.1. The first-order chi connectivity index (χ1) is 9.20. The Morgan fingerprint density at radius 1 is 1.37 bits per heavy atom. The number of hydrogen-bond donors (Lipinski definition) is 2. The number of aromatic nitrogens is 2. The molecule has 2 bridgehead atoms. The molecule has 4 heteroatoms. The Hall–Kier alpha value is -1.81. The fourth-order valence-electron chi connectivity index (χ4n) is 3.49. The van der Waals surface area contributed by atoms with Gasteiger partial charge in [0, 0.05) is 12.1 Å². The smallest absolute Gasteiger partial charge is 0.198 e. The molecular formula is C15H18N4. The molecule has 3 heterocycles. The molecule has 4 nitrogen and oxygen atoms in total. The summed E-state index contributed by atoms with van der Waals surface area (Å²) in [4.78, 5) is 9.87. The lowest BCUT2D eigenvalue weighted by molar-refractivity contribution is 0.264. The number of likely N-dealkylation sites (N-methyl/N-ethyl adjacent to an activating group) is 1. The summed E-state index contributed by atoms with van der Waals surface area (Å²) in [6, 6.07) is 7.73. The number of nitrogens with one attached hydrogen (secondary N) is 1. The molecule has 1 saturated heterocycles. The molecule has 2 unspecified atom stereocenters. The lowest BCUT2D eigenvalue weighted by Gasteiger charge is -2.30. The van der Waals surface area contributed by atoms with Crippen LogP contribution in [0.1, 0.15) is 24.8 Å². The van der Waals surface area contributed by atoms with Gasteiger partial charge in [-0.05, 0) is 49.6 Å². The van der Waals surface area contributed by atoms with E-state index in [2.05, 4.69) is 46.2 Å². The van der Waals surface area contributed by atoms with Crippen molar-refractivity contribution in [3.8, 4) is 0 Å². The maximum Gasteiger partial charge on any atom is 0.198 e. The van der Waals surface area contributed by atoms with Crippen molar-refractivity contribution in [2.75, 3.05) is 12.8 Å². The minimum Gasteiger partial charge on any atom is -0.369 e. The van der Waals surface area contributed by atoms with Crippen LogP contribution in [0.2, 0.25) is 0 Å². The van der Waals surface area contributed by atoms with Crippen molar-refractivity contribution < 1.29 is 0 Å². The van der Waals surface area contributed by atoms with Gasteiger partial charge in [-0.25, -0.2) is 4.98 Å². The number of imidazole rings is 1. The van der Waals surface area contributed by atoms with E-state index in [1.807, 2.05) is 0 Å². The number of hydrogen-bond acceptors (Lipinski definition) is 3. The Morgan fingerprint density at radius 3 is 3.11 bits per heavy atom. The van der Waals surface area contributed by atoms with Crippen molar-refractivity contribution in [2.45, 2.75) is 31.3 Å². The van der Waals surface area contributed by atoms with E-state index in [0.717, 1.165) is 17.5 Å². The van der Waals surface area contributed by atoms with Crippen molar-refractivity contribution in [1.82, 2.24) is 14.9 Å². The third-order valence-electron chi connectivity index (χ3n) is 4.61. The molecule has 98 valence electrons. The number of nitrogens with zero attached hydrogens (tertiary/aromatic N) is 2. The number of aromatic amines is 1. The Kier molecular flexibility index (Phi) is 2.23. The zero-order chi connectivity index (χ0) is 13.0. The van der Waals surface area contributed by atoms with Gasteiger partial charge < -0.3 is 10.7 Å². The summed E-state index contributed by atoms with van der Waals surface area (Å²) in [5.41, 5.74) is 10.5. The quantitative estimate of drug-likeness (QED) is 0.821. The lowest BCUT2D eigenvalue weighted by Crippen LogP contribution is -2.34. The highest BCUT2D eigenvalue weighted by molar-refractivity contribution is 5.82. The van der Waals surface area contributed by atoms with Gasteiger partial charge in [-0.3, -0.25) is 4.90 Å². The van der Waals surface area contributed by atoms with Crippen LogP contribution in [0.3, 0.4) is 0 Å². The molecule has 0 spiro atoms. The van der Waals surface area contributed by atoms with Crippen LogP contribution in [0, 0.1) is 0 Å². The van der Waals surface area contributed by atoms with Gasteiger partial charge in [-0.1, -0.05) is 12.1 Å². The summed E-state index contributed by atoms with van der Waals surface area (Å²) in [5.74, 6) is 0.490. The highest BCUT2D eigenvalue weighted by atomic mass is 15.2. The van der Waals surface area contributed by atoms with Crippen molar-refractivity contribution >= 4 is 22.6 Å². The van der Waals surface area contributed by atoms with E-state index in [1.165, 1.54) is 24.0 Å². The van der Waals surface area contributed by atoms with Crippen molar-refractivity contribution in [2.24, 2.45) is 0 Å². The lowest BCUT2D eigenvalue weighted by atomic mass is 9.95. The summed E-state index contributed by atoms with van der Waals surface area (Å²) in [5, 5.41) is 0. The molecule has 1 aromatic heterocycles. The van der Waals surface area contributed by atoms with E-state index in [9.17, 15) is 0 Å². The Labute approximate surface area is 112 Å². The molecule has 4 rings (SSSR count). The molecule has 2 aliphatic heterocycles. The van der Waals surface area contributed by atoms with E-state index in [1.54, 1.807) is 0 Å². The molecule has 0 saturated carbocycles. The van der Waals surface area contributed by atoms with Crippen molar-refractivity contribution in [3.63, 3.8) is 0 Å². The molecule has 2 aliphatic rings. The number of benzene rings is 1. The largest absolute Gasteiger partial charge is 0.369 e. The van der Waals surface area contributed by atoms with Gasteiger partial charge >= 0.3 is 0 Å². The average Bonchev–Trinajstić information content (AvgIpc) is 2.83. The highest BCUT2D eigenvalue weighted by Crippen LogP contribution is 2.37. The Balaban J connectivity index is 1.76. The van der Waals surface area contributed by atoms with Crippen LogP contribution < -0.4 is 5.73 Å². The fraction of sp³-hybridized carbons (Fsp3) is 0.400. The van der Waals surface area contributed by atoms with E-state index in [0.29, 0.717) is 18.0 Å². The SMILES string of the molecule is CN1C2C=C(c3ccc4nc(N)[nH]c4c3)CC1CC2. The van der Waals surface area contributed by atoms with Crippen molar-refractivity contribution in [1.29, 1.82) is 0 Å². The first-order valence-corrected chi connectivity index (χ1v) is 6.89. The van der Waals surface area contributed by atoms with Crippen LogP contribution in [0.4, 0.5) is 5.95 Å². The van der Waals surface area contributed by atoms with Gasteiger partial charge in [0.2, 0.25) is 0 Å². The third-order valence-corrected chi connectivity index (χ3v) is 4.61. The average molecular weight is 254 g/mol. The molecule has 1 aromatic carbocycles. The molecular weight excluding hydrogens is 236 g/mol. The third kappa shape index (κ3) is 1.67. The van der Waals surface area contributed by atoms with Gasteiger partial charge in [-0.2, -0.15) is 0 Å². The molecule has 19 heavy (non-hydrogen) atoms. The minimum absolute atomic E-state index is 0.490. The molecule has 0 amide bonds. The monoisotopic (exact) mass is 254 g/mol. The van der Waals surface area contributed by atoms with Crippen molar-refractivity contribution in [3.05, 3.63) is 29.8 Å². The molecule has 0 radical (unpaired) electrons. The summed E-state index contributed by atoms with van der Waals surface area (Å²) in [6.45, 7) is 0. The van der Waals surface area contributed by atoms with Crippen LogP contribution >= 0.6 is 0 Å². The van der Waals surface area contributed by atoms with E-state index in [4.69, 9.17) is 5.73 Å². The van der Waals surface area contributed by atoms with Gasteiger partial charge in [0.05, 0.1) is 11.0 Å². The molecule has 1 fully saturated rings. The topological polar surface area (TPSA) is 57.9 Å². The van der Waals surface area contributed by atoms with Crippen LogP contribution in [0.5, 0.6) is 0 Å². The standard InChI is InChI=1S/C15H18N4/c1-19-11-3-4-12(19)7-10(6-11)9-2-5-13-14(8-9)18-15(16)17-13/h2,5-6,8,11-12H,3-4,7H2,1H3,(H3,16,17,18). The summed E-state index contributed by atoms with van der Waals surface area (Å²) < 4.78 is 0. The van der Waals surface area contributed by atoms with E-state index in [-0.39, 0.29) is 0 Å². The second-order valence-electron chi connectivity index (χ2n) is 5.71. The van der Waals surface area contributed by atoms with Crippen LogP contribution in [0.25, 0.3) is 16.6 Å². The number of H-pyrrole nitrogens is 1. The summed E-state index contributed by atoms with van der Waals surface area (Å²) >= 11 is 0. The first kappa shape index (κ1) is 11.1. The van der Waals surface area contributed by atoms with Crippen LogP contribution in [-0.4, -0.2) is 34.0 Å². The van der Waals surface area contributed by atoms with Gasteiger partial charge in [0.15, 0.2) is 5.95 Å². The van der Waals surface area contributed by atoms with Crippen LogP contribution in [-0.2, 0) is 0 Å². The summed E-state index contributed by atoms with van der Waals surface area (Å²) in [7, 11) is 2.24. The molecule has 3 N–H and O–H groups in total.